The van der Waals surface area contributed by atoms with Gasteiger partial charge in [0.2, 0.25) is 0 Å². The number of carboxylic acids is 1. The van der Waals surface area contributed by atoms with Gasteiger partial charge >= 0.3 is 12.0 Å². The lowest BCUT2D eigenvalue weighted by molar-refractivity contribution is -0.174. The third kappa shape index (κ3) is 7.88. The summed E-state index contributed by atoms with van der Waals surface area (Å²) in [6.45, 7) is 2.39. The molecule has 10 heteroatoms. The minimum atomic E-state index is -2.75. The highest BCUT2D eigenvalue weighted by Gasteiger charge is 2.30. The molecule has 0 heterocycles. The van der Waals surface area contributed by atoms with Gasteiger partial charge in [-0.3, -0.25) is 19.7 Å². The SMILES string of the molecule is CP(C)(=O)CN(CN(O)C(=O)C(CC(=O)O)c1ccccc1)C(=O)Nc1ccccc1. The molecule has 0 spiro atoms. The Balaban J connectivity index is 2.21. The lowest BCUT2D eigenvalue weighted by Crippen LogP contribution is -2.46. The Bertz CT molecular complexity index is 948. The highest BCUT2D eigenvalue weighted by Crippen LogP contribution is 2.36. The first kappa shape index (κ1) is 24.1. The molecule has 0 aromatic heterocycles. The molecule has 0 saturated carbocycles. The van der Waals surface area contributed by atoms with Crippen molar-refractivity contribution >= 4 is 30.7 Å². The van der Waals surface area contributed by atoms with Crippen molar-refractivity contribution in [2.45, 2.75) is 12.3 Å². The topological polar surface area (TPSA) is 127 Å². The van der Waals surface area contributed by atoms with Crippen molar-refractivity contribution in [3.63, 3.8) is 0 Å². The number of nitrogens with one attached hydrogen (secondary N) is 1. The van der Waals surface area contributed by atoms with Gasteiger partial charge in [0.25, 0.3) is 5.91 Å². The fourth-order valence-electron chi connectivity index (χ4n) is 2.93. The summed E-state index contributed by atoms with van der Waals surface area (Å²) < 4.78 is 12.3. The normalized spacial score (nSPS) is 12.0. The Morgan fingerprint density at radius 2 is 1.55 bits per heavy atom. The maximum atomic E-state index is 12.8. The lowest BCUT2D eigenvalue weighted by atomic mass is 9.95. The summed E-state index contributed by atoms with van der Waals surface area (Å²) in [4.78, 5) is 37.9. The lowest BCUT2D eigenvalue weighted by Gasteiger charge is -2.29. The fourth-order valence-corrected chi connectivity index (χ4v) is 3.97. The molecule has 2 aromatic rings. The van der Waals surface area contributed by atoms with Gasteiger partial charge in [0.15, 0.2) is 0 Å². The Hall–Kier alpha value is -3.16. The highest BCUT2D eigenvalue weighted by molar-refractivity contribution is 7.62. The molecule has 0 aliphatic rings. The first-order valence-electron chi connectivity index (χ1n) is 9.49. The van der Waals surface area contributed by atoms with Crippen LogP contribution < -0.4 is 5.32 Å². The van der Waals surface area contributed by atoms with E-state index in [4.69, 9.17) is 0 Å². The van der Waals surface area contributed by atoms with Gasteiger partial charge in [0, 0.05) is 5.69 Å². The van der Waals surface area contributed by atoms with Crippen LogP contribution in [0.5, 0.6) is 0 Å². The minimum absolute atomic E-state index is 0.190. The summed E-state index contributed by atoms with van der Waals surface area (Å²) in [7, 11) is -2.75. The Morgan fingerprint density at radius 1 is 1.00 bits per heavy atom. The minimum Gasteiger partial charge on any atom is -0.481 e. The average Bonchev–Trinajstić information content (AvgIpc) is 2.71. The number of hydroxylamine groups is 2. The van der Waals surface area contributed by atoms with Gasteiger partial charge in [-0.2, -0.15) is 0 Å². The van der Waals surface area contributed by atoms with E-state index in [-0.39, 0.29) is 6.29 Å². The quantitative estimate of drug-likeness (QED) is 0.234. The van der Waals surface area contributed by atoms with Crippen molar-refractivity contribution in [1.29, 1.82) is 0 Å². The van der Waals surface area contributed by atoms with Crippen LogP contribution >= 0.6 is 7.14 Å². The van der Waals surface area contributed by atoms with E-state index in [0.717, 1.165) is 4.90 Å². The van der Waals surface area contributed by atoms with Crippen molar-refractivity contribution in [1.82, 2.24) is 9.96 Å². The Kier molecular flexibility index (Phi) is 8.36. The van der Waals surface area contributed by atoms with E-state index in [1.54, 1.807) is 60.7 Å². The van der Waals surface area contributed by atoms with E-state index in [0.29, 0.717) is 16.3 Å². The van der Waals surface area contributed by atoms with E-state index < -0.39 is 44.1 Å². The number of hydrogen-bond donors (Lipinski definition) is 3. The molecule has 31 heavy (non-hydrogen) atoms. The van der Waals surface area contributed by atoms with Crippen molar-refractivity contribution < 1.29 is 29.3 Å². The molecule has 0 fully saturated rings. The summed E-state index contributed by atoms with van der Waals surface area (Å²) >= 11 is 0. The van der Waals surface area contributed by atoms with E-state index in [9.17, 15) is 29.3 Å². The molecular formula is C21H26N3O6P. The molecule has 3 amide bonds. The zero-order valence-electron chi connectivity index (χ0n) is 17.3. The van der Waals surface area contributed by atoms with Crippen LogP contribution in [0.25, 0.3) is 0 Å². The van der Waals surface area contributed by atoms with E-state index in [1.165, 1.54) is 13.3 Å². The Morgan fingerprint density at radius 3 is 2.06 bits per heavy atom. The molecule has 0 aliphatic heterocycles. The first-order valence-corrected chi connectivity index (χ1v) is 12.3. The van der Waals surface area contributed by atoms with Crippen LogP contribution in [0.15, 0.2) is 60.7 Å². The number of hydrogen-bond acceptors (Lipinski definition) is 5. The third-order valence-corrected chi connectivity index (χ3v) is 5.28. The van der Waals surface area contributed by atoms with Crippen LogP contribution in [0.3, 0.4) is 0 Å². The van der Waals surface area contributed by atoms with Gasteiger partial charge in [-0.1, -0.05) is 48.5 Å². The zero-order valence-corrected chi connectivity index (χ0v) is 18.2. The summed E-state index contributed by atoms with van der Waals surface area (Å²) in [5, 5.41) is 22.5. The summed E-state index contributed by atoms with van der Waals surface area (Å²) in [5.74, 6) is -3.23. The van der Waals surface area contributed by atoms with Gasteiger partial charge in [-0.05, 0) is 31.0 Å². The van der Waals surface area contributed by atoms with Crippen LogP contribution in [0, 0.1) is 0 Å². The van der Waals surface area contributed by atoms with Gasteiger partial charge in [0.05, 0.1) is 18.6 Å². The van der Waals surface area contributed by atoms with Crippen LogP contribution in [0.4, 0.5) is 10.5 Å². The Labute approximate surface area is 180 Å². The second-order valence-electron chi connectivity index (χ2n) is 7.49. The number of anilines is 1. The molecule has 3 N–H and O–H groups in total. The molecule has 1 unspecified atom stereocenters. The largest absolute Gasteiger partial charge is 0.481 e. The average molecular weight is 447 g/mol. The van der Waals surface area contributed by atoms with Gasteiger partial charge in [0.1, 0.15) is 13.8 Å². The molecule has 2 aromatic carbocycles. The standard InChI is InChI=1S/C21H26N3O6P/c1-31(2,30)15-23(21(28)22-17-11-7-4-8-12-17)14-24(29)20(27)18(13-19(25)26)16-9-5-3-6-10-16/h3-12,18,29H,13-15H2,1-2H3,(H,22,28)(H,25,26). The van der Waals surface area contributed by atoms with Crippen LogP contribution in [0.2, 0.25) is 0 Å². The second-order valence-corrected chi connectivity index (χ2v) is 10.9. The molecule has 0 radical (unpaired) electrons. The fraction of sp³-hybridized carbons (Fsp3) is 0.286. The number of aliphatic carboxylic acids is 1. The van der Waals surface area contributed by atoms with Crippen molar-refractivity contribution in [2.24, 2.45) is 0 Å². The molecule has 0 bridgehead atoms. The van der Waals surface area contributed by atoms with E-state index in [2.05, 4.69) is 5.32 Å². The monoisotopic (exact) mass is 447 g/mol. The molecular weight excluding hydrogens is 421 g/mol. The van der Waals surface area contributed by atoms with Gasteiger partial charge < -0.3 is 15.0 Å². The molecule has 166 valence electrons. The first-order chi connectivity index (χ1) is 14.6. The number of carbonyl (C=O) groups excluding carboxylic acids is 2. The zero-order chi connectivity index (χ0) is 23.0. The second kappa shape index (κ2) is 10.7. The molecule has 0 saturated heterocycles. The van der Waals surface area contributed by atoms with E-state index >= 15 is 0 Å². The summed E-state index contributed by atoms with van der Waals surface area (Å²) in [5.41, 5.74) is 0.911. The number of rotatable bonds is 9. The molecule has 2 rings (SSSR count). The number of carboxylic acid groups (broad SMARTS) is 1. The maximum Gasteiger partial charge on any atom is 0.323 e. The van der Waals surface area contributed by atoms with Crippen molar-refractivity contribution in [2.75, 3.05) is 31.6 Å². The maximum absolute atomic E-state index is 12.8. The molecule has 9 nitrogen and oxygen atoms in total. The van der Waals surface area contributed by atoms with Gasteiger partial charge in [-0.15, -0.1) is 0 Å². The number of amides is 3. The van der Waals surface area contributed by atoms with E-state index in [1.807, 2.05) is 0 Å². The number of nitrogens with zero attached hydrogens (tertiary/aromatic N) is 2. The number of carbonyl (C=O) groups is 3. The summed E-state index contributed by atoms with van der Waals surface area (Å²) in [6, 6.07) is 16.1. The number of urea groups is 1. The summed E-state index contributed by atoms with van der Waals surface area (Å²) in [6.07, 6.45) is -0.721. The molecule has 1 atom stereocenters. The predicted octanol–water partition coefficient (Wildman–Crippen LogP) is 3.53. The van der Waals surface area contributed by atoms with Gasteiger partial charge in [-0.25, -0.2) is 9.86 Å². The van der Waals surface area contributed by atoms with Crippen LogP contribution in [-0.2, 0) is 14.2 Å². The molecule has 0 aliphatic carbocycles. The third-order valence-electron chi connectivity index (χ3n) is 4.26. The van der Waals surface area contributed by atoms with Crippen LogP contribution in [0.1, 0.15) is 17.9 Å². The number of para-hydroxylation sites is 1. The van der Waals surface area contributed by atoms with Crippen molar-refractivity contribution in [3.8, 4) is 0 Å². The van der Waals surface area contributed by atoms with Crippen LogP contribution in [-0.4, -0.2) is 64.5 Å². The number of benzene rings is 2. The smallest absolute Gasteiger partial charge is 0.323 e. The highest BCUT2D eigenvalue weighted by atomic mass is 31.2. The predicted molar refractivity (Wildman–Crippen MR) is 117 cm³/mol. The van der Waals surface area contributed by atoms with Crippen molar-refractivity contribution in [3.05, 3.63) is 66.2 Å².